The summed E-state index contributed by atoms with van der Waals surface area (Å²) < 4.78 is 2.68. The van der Waals surface area contributed by atoms with Gasteiger partial charge in [-0.1, -0.05) is 22.0 Å². The molecule has 5 heteroatoms. The zero-order valence-electron chi connectivity index (χ0n) is 7.61. The van der Waals surface area contributed by atoms with Crippen LogP contribution in [0.1, 0.15) is 5.56 Å². The minimum atomic E-state index is 0.279. The van der Waals surface area contributed by atoms with Gasteiger partial charge >= 0.3 is 0 Å². The molecule has 2 aromatic rings. The van der Waals surface area contributed by atoms with Gasteiger partial charge in [-0.15, -0.1) is 5.10 Å². The minimum Gasteiger partial charge on any atom is -0.366 e. The van der Waals surface area contributed by atoms with Crippen molar-refractivity contribution in [2.24, 2.45) is 0 Å². The molecule has 0 amide bonds. The molecule has 0 spiro atoms. The molecular weight excluding hydrogens is 244 g/mol. The maximum absolute atomic E-state index is 5.43. The molecule has 0 saturated carbocycles. The van der Waals surface area contributed by atoms with E-state index < -0.39 is 0 Å². The van der Waals surface area contributed by atoms with E-state index in [2.05, 4.69) is 26.0 Å². The first-order chi connectivity index (χ1) is 6.66. The monoisotopic (exact) mass is 252 g/mol. The number of aryl methyl sites for hydroxylation is 1. The van der Waals surface area contributed by atoms with E-state index >= 15 is 0 Å². The SMILES string of the molecule is Cc1ccc(-n2cnc(N)n2)cc1Br. The van der Waals surface area contributed by atoms with Crippen molar-refractivity contribution in [3.63, 3.8) is 0 Å². The van der Waals surface area contributed by atoms with Crippen LogP contribution in [0.5, 0.6) is 0 Å². The summed E-state index contributed by atoms with van der Waals surface area (Å²) in [6, 6.07) is 5.95. The molecule has 1 aromatic heterocycles. The first-order valence-corrected chi connectivity index (χ1v) is 4.90. The van der Waals surface area contributed by atoms with E-state index in [0.29, 0.717) is 0 Å². The number of nitrogen functional groups attached to an aromatic ring is 1. The molecule has 0 aliphatic heterocycles. The van der Waals surface area contributed by atoms with Crippen LogP contribution in [-0.2, 0) is 0 Å². The van der Waals surface area contributed by atoms with Crippen LogP contribution in [0, 0.1) is 6.92 Å². The molecule has 1 heterocycles. The topological polar surface area (TPSA) is 56.7 Å². The van der Waals surface area contributed by atoms with Gasteiger partial charge in [0.05, 0.1) is 5.69 Å². The third kappa shape index (κ3) is 1.63. The predicted octanol–water partition coefficient (Wildman–Crippen LogP) is 1.92. The van der Waals surface area contributed by atoms with Crippen molar-refractivity contribution in [1.29, 1.82) is 0 Å². The Hall–Kier alpha value is -1.36. The van der Waals surface area contributed by atoms with Gasteiger partial charge in [0.1, 0.15) is 6.33 Å². The largest absolute Gasteiger partial charge is 0.366 e. The number of benzene rings is 1. The van der Waals surface area contributed by atoms with Gasteiger partial charge in [0, 0.05) is 4.47 Å². The van der Waals surface area contributed by atoms with E-state index in [1.54, 1.807) is 11.0 Å². The number of nitrogens with two attached hydrogens (primary N) is 1. The molecule has 2 rings (SSSR count). The van der Waals surface area contributed by atoms with Gasteiger partial charge in [0.2, 0.25) is 5.95 Å². The molecule has 0 fully saturated rings. The molecule has 2 N–H and O–H groups in total. The highest BCUT2D eigenvalue weighted by Gasteiger charge is 2.01. The molecule has 0 aliphatic carbocycles. The second kappa shape index (κ2) is 3.42. The highest BCUT2D eigenvalue weighted by Crippen LogP contribution is 2.19. The Kier molecular flexibility index (Phi) is 2.25. The molecule has 14 heavy (non-hydrogen) atoms. The van der Waals surface area contributed by atoms with Crippen LogP contribution in [0.15, 0.2) is 29.0 Å². The Balaban J connectivity index is 2.47. The third-order valence-corrected chi connectivity index (χ3v) is 2.78. The van der Waals surface area contributed by atoms with E-state index in [1.807, 2.05) is 25.1 Å². The summed E-state index contributed by atoms with van der Waals surface area (Å²) in [4.78, 5) is 3.86. The Morgan fingerprint density at radius 1 is 1.43 bits per heavy atom. The Morgan fingerprint density at radius 3 is 2.79 bits per heavy atom. The highest BCUT2D eigenvalue weighted by atomic mass is 79.9. The summed E-state index contributed by atoms with van der Waals surface area (Å²) in [6.07, 6.45) is 1.59. The second-order valence-corrected chi connectivity index (χ2v) is 3.84. The summed E-state index contributed by atoms with van der Waals surface area (Å²) in [6.45, 7) is 2.03. The zero-order chi connectivity index (χ0) is 10.1. The fraction of sp³-hybridized carbons (Fsp3) is 0.111. The van der Waals surface area contributed by atoms with Crippen molar-refractivity contribution in [3.05, 3.63) is 34.6 Å². The average molecular weight is 253 g/mol. The molecule has 0 aliphatic rings. The van der Waals surface area contributed by atoms with Crippen LogP contribution >= 0.6 is 15.9 Å². The lowest BCUT2D eigenvalue weighted by atomic mass is 10.2. The molecule has 72 valence electrons. The van der Waals surface area contributed by atoms with Gasteiger partial charge in [0.25, 0.3) is 0 Å². The van der Waals surface area contributed by atoms with Crippen molar-refractivity contribution < 1.29 is 0 Å². The van der Waals surface area contributed by atoms with Crippen LogP contribution in [-0.4, -0.2) is 14.8 Å². The molecule has 0 saturated heterocycles. The van der Waals surface area contributed by atoms with E-state index in [1.165, 1.54) is 5.56 Å². The number of hydrogen-bond acceptors (Lipinski definition) is 3. The summed E-state index contributed by atoms with van der Waals surface area (Å²) in [5.41, 5.74) is 7.55. The fourth-order valence-electron chi connectivity index (χ4n) is 1.12. The maximum atomic E-state index is 5.43. The van der Waals surface area contributed by atoms with Crippen LogP contribution in [0.2, 0.25) is 0 Å². The molecule has 1 aromatic carbocycles. The van der Waals surface area contributed by atoms with Crippen LogP contribution < -0.4 is 5.73 Å². The van der Waals surface area contributed by atoms with Gasteiger partial charge in [-0.2, -0.15) is 0 Å². The molecular formula is C9H9BrN4. The summed E-state index contributed by atoms with van der Waals surface area (Å²) >= 11 is 3.46. The normalized spacial score (nSPS) is 10.4. The lowest BCUT2D eigenvalue weighted by molar-refractivity contribution is 0.882. The van der Waals surface area contributed by atoms with Crippen molar-refractivity contribution >= 4 is 21.9 Å². The number of nitrogens with zero attached hydrogens (tertiary/aromatic N) is 3. The minimum absolute atomic E-state index is 0.279. The summed E-state index contributed by atoms with van der Waals surface area (Å²) in [5.74, 6) is 0.279. The van der Waals surface area contributed by atoms with E-state index in [0.717, 1.165) is 10.2 Å². The number of hydrogen-bond donors (Lipinski definition) is 1. The van der Waals surface area contributed by atoms with Crippen LogP contribution in [0.3, 0.4) is 0 Å². The average Bonchev–Trinajstić information content (AvgIpc) is 2.57. The Bertz CT molecular complexity index is 464. The van der Waals surface area contributed by atoms with E-state index in [4.69, 9.17) is 5.73 Å². The van der Waals surface area contributed by atoms with Crippen molar-refractivity contribution in [3.8, 4) is 5.69 Å². The lowest BCUT2D eigenvalue weighted by Gasteiger charge is -2.02. The quantitative estimate of drug-likeness (QED) is 0.844. The van der Waals surface area contributed by atoms with Gasteiger partial charge in [-0.05, 0) is 24.6 Å². The fourth-order valence-corrected chi connectivity index (χ4v) is 1.49. The van der Waals surface area contributed by atoms with Crippen molar-refractivity contribution in [2.45, 2.75) is 6.92 Å². The summed E-state index contributed by atoms with van der Waals surface area (Å²) in [5, 5.41) is 4.01. The zero-order valence-corrected chi connectivity index (χ0v) is 9.19. The molecule has 0 atom stereocenters. The van der Waals surface area contributed by atoms with Gasteiger partial charge in [0.15, 0.2) is 0 Å². The van der Waals surface area contributed by atoms with E-state index in [-0.39, 0.29) is 5.95 Å². The van der Waals surface area contributed by atoms with Crippen molar-refractivity contribution in [2.75, 3.05) is 5.73 Å². The Morgan fingerprint density at radius 2 is 2.21 bits per heavy atom. The number of anilines is 1. The van der Waals surface area contributed by atoms with Gasteiger partial charge < -0.3 is 5.73 Å². The van der Waals surface area contributed by atoms with Gasteiger partial charge in [-0.3, -0.25) is 0 Å². The standard InChI is InChI=1S/C9H9BrN4/c1-6-2-3-7(4-8(6)10)14-5-12-9(11)13-14/h2-5H,1H3,(H2,11,13). The number of rotatable bonds is 1. The van der Waals surface area contributed by atoms with Crippen LogP contribution in [0.4, 0.5) is 5.95 Å². The third-order valence-electron chi connectivity index (χ3n) is 1.93. The van der Waals surface area contributed by atoms with Crippen molar-refractivity contribution in [1.82, 2.24) is 14.8 Å². The first-order valence-electron chi connectivity index (χ1n) is 4.10. The van der Waals surface area contributed by atoms with Crippen LogP contribution in [0.25, 0.3) is 5.69 Å². The predicted molar refractivity (Wildman–Crippen MR) is 58.2 cm³/mol. The van der Waals surface area contributed by atoms with Gasteiger partial charge in [-0.25, -0.2) is 9.67 Å². The second-order valence-electron chi connectivity index (χ2n) is 2.98. The number of aromatic nitrogens is 3. The molecule has 4 nitrogen and oxygen atoms in total. The highest BCUT2D eigenvalue weighted by molar-refractivity contribution is 9.10. The lowest BCUT2D eigenvalue weighted by Crippen LogP contribution is -1.96. The maximum Gasteiger partial charge on any atom is 0.239 e. The smallest absolute Gasteiger partial charge is 0.239 e. The molecule has 0 radical (unpaired) electrons. The first kappa shape index (κ1) is 9.21. The summed E-state index contributed by atoms with van der Waals surface area (Å²) in [7, 11) is 0. The number of halogens is 1. The molecule has 0 bridgehead atoms. The van der Waals surface area contributed by atoms with E-state index in [9.17, 15) is 0 Å². The Labute approximate surface area is 89.9 Å². The molecule has 0 unspecified atom stereocenters.